The summed E-state index contributed by atoms with van der Waals surface area (Å²) in [6.07, 6.45) is 3.91. The maximum Gasteiger partial charge on any atom is -0.00257 e. The predicted octanol–water partition coefficient (Wildman–Crippen LogP) is 8.05. The molecule has 0 N–H and O–H groups in total. The smallest absolute Gasteiger partial charge is 0.00257 e. The summed E-state index contributed by atoms with van der Waals surface area (Å²) in [7, 11) is 0. The van der Waals surface area contributed by atoms with E-state index in [0.29, 0.717) is 0 Å². The maximum atomic E-state index is 2.36. The number of rotatable bonds is 8. The van der Waals surface area contributed by atoms with Gasteiger partial charge in [0.15, 0.2) is 0 Å². The molecule has 0 saturated heterocycles. The first-order valence-electron chi connectivity index (χ1n) is 12.1. The van der Waals surface area contributed by atoms with Crippen LogP contribution in [0.25, 0.3) is 0 Å². The Morgan fingerprint density at radius 2 is 0.500 bits per heavy atom. The van der Waals surface area contributed by atoms with Crippen LogP contribution < -0.4 is 0 Å². The highest BCUT2D eigenvalue weighted by molar-refractivity contribution is 5.36. The maximum absolute atomic E-state index is 2.36. The average molecular weight is 439 g/mol. The third kappa shape index (κ3) is 6.11. The average Bonchev–Trinajstić information content (AvgIpc) is 2.88. The van der Waals surface area contributed by atoms with Gasteiger partial charge in [-0.05, 0) is 70.2 Å². The van der Waals surface area contributed by atoms with Crippen molar-refractivity contribution in [3.05, 3.63) is 178 Å². The molecule has 0 amide bonds. The molecule has 0 heteroatoms. The van der Waals surface area contributed by atoms with Gasteiger partial charge in [0.2, 0.25) is 0 Å². The zero-order valence-corrected chi connectivity index (χ0v) is 19.5. The molecule has 0 nitrogen and oxygen atoms in total. The molecular weight excluding hydrogens is 408 g/mol. The molecule has 166 valence electrons. The van der Waals surface area contributed by atoms with E-state index in [4.69, 9.17) is 0 Å². The van der Waals surface area contributed by atoms with Crippen LogP contribution in [0.1, 0.15) is 44.5 Å². The third-order valence-corrected chi connectivity index (χ3v) is 6.36. The Bertz CT molecular complexity index is 1200. The highest BCUT2D eigenvalue weighted by Crippen LogP contribution is 2.18. The van der Waals surface area contributed by atoms with Crippen molar-refractivity contribution in [3.8, 4) is 0 Å². The highest BCUT2D eigenvalue weighted by atomic mass is 14.1. The van der Waals surface area contributed by atoms with Crippen LogP contribution in [0.4, 0.5) is 0 Å². The summed E-state index contributed by atoms with van der Waals surface area (Å²) in [5, 5.41) is 0. The Balaban J connectivity index is 1.20. The number of benzene rings is 5. The summed E-state index contributed by atoms with van der Waals surface area (Å²) in [5.74, 6) is 0. The van der Waals surface area contributed by atoms with Crippen LogP contribution in [0.15, 0.2) is 133 Å². The second kappa shape index (κ2) is 10.8. The summed E-state index contributed by atoms with van der Waals surface area (Å²) in [4.78, 5) is 0. The van der Waals surface area contributed by atoms with Crippen molar-refractivity contribution < 1.29 is 0 Å². The molecule has 0 heterocycles. The van der Waals surface area contributed by atoms with Gasteiger partial charge in [-0.15, -0.1) is 0 Å². The zero-order chi connectivity index (χ0) is 23.0. The normalized spacial score (nSPS) is 10.8. The Morgan fingerprint density at radius 1 is 0.235 bits per heavy atom. The minimum Gasteiger partial charge on any atom is -0.0622 e. The summed E-state index contributed by atoms with van der Waals surface area (Å²) in [5.41, 5.74) is 10.9. The molecule has 5 aromatic carbocycles. The molecule has 0 unspecified atom stereocenters. The van der Waals surface area contributed by atoms with Gasteiger partial charge in [-0.2, -0.15) is 0 Å². The van der Waals surface area contributed by atoms with Gasteiger partial charge in [-0.1, -0.05) is 133 Å². The Labute approximate surface area is 203 Å². The molecule has 0 aliphatic rings. The molecule has 0 aliphatic carbocycles. The van der Waals surface area contributed by atoms with E-state index in [0.717, 1.165) is 25.7 Å². The molecule has 5 aromatic rings. The van der Waals surface area contributed by atoms with Crippen molar-refractivity contribution in [1.82, 2.24) is 0 Å². The minimum atomic E-state index is 0.968. The molecule has 0 aromatic heterocycles. The van der Waals surface area contributed by atoms with Crippen LogP contribution in [-0.4, -0.2) is 0 Å². The first-order valence-corrected chi connectivity index (χ1v) is 12.1. The molecular formula is C34H30. The van der Waals surface area contributed by atoms with Crippen molar-refractivity contribution in [3.63, 3.8) is 0 Å². The molecule has 0 saturated carbocycles. The molecule has 0 radical (unpaired) electrons. The molecule has 0 spiro atoms. The largest absolute Gasteiger partial charge is 0.0622 e. The topological polar surface area (TPSA) is 0 Å². The lowest BCUT2D eigenvalue weighted by molar-refractivity contribution is 1.12. The van der Waals surface area contributed by atoms with Crippen molar-refractivity contribution in [1.29, 1.82) is 0 Å². The summed E-state index contributed by atoms with van der Waals surface area (Å²) in [6.45, 7) is 0. The fraction of sp³-hybridized carbons (Fsp3) is 0.118. The van der Waals surface area contributed by atoms with Crippen LogP contribution in [-0.2, 0) is 25.7 Å². The third-order valence-electron chi connectivity index (χ3n) is 6.36. The van der Waals surface area contributed by atoms with Crippen LogP contribution in [0.3, 0.4) is 0 Å². The lowest BCUT2D eigenvalue weighted by atomic mass is 9.97. The second-order valence-corrected chi connectivity index (χ2v) is 9.13. The van der Waals surface area contributed by atoms with E-state index < -0.39 is 0 Å². The number of hydrogen-bond acceptors (Lipinski definition) is 0. The first kappa shape index (κ1) is 21.9. The van der Waals surface area contributed by atoms with Gasteiger partial charge in [-0.3, -0.25) is 0 Å². The van der Waals surface area contributed by atoms with E-state index in [1.54, 1.807) is 0 Å². The standard InChI is InChI=1S/C34H30/c1-3-8-27(9-4-1)22-29-14-18-31(19-15-29)24-33-12-7-13-34(26-33)25-32-20-16-30(17-21-32)23-28-10-5-2-6-11-28/h1-21,26H,22-25H2. The molecule has 0 bridgehead atoms. The quantitative estimate of drug-likeness (QED) is 0.230. The minimum absolute atomic E-state index is 0.968. The Morgan fingerprint density at radius 3 is 0.853 bits per heavy atom. The van der Waals surface area contributed by atoms with E-state index in [2.05, 4.69) is 133 Å². The van der Waals surface area contributed by atoms with Crippen molar-refractivity contribution in [2.45, 2.75) is 25.7 Å². The SMILES string of the molecule is c1ccc(Cc2ccc(Cc3cccc(Cc4ccc(Cc5ccccc5)cc4)c3)cc2)cc1. The van der Waals surface area contributed by atoms with E-state index in [1.165, 1.54) is 44.5 Å². The lowest BCUT2D eigenvalue weighted by Gasteiger charge is -2.08. The lowest BCUT2D eigenvalue weighted by Crippen LogP contribution is -1.94. The predicted molar refractivity (Wildman–Crippen MR) is 143 cm³/mol. The van der Waals surface area contributed by atoms with Gasteiger partial charge in [0.25, 0.3) is 0 Å². The van der Waals surface area contributed by atoms with Crippen LogP contribution >= 0.6 is 0 Å². The van der Waals surface area contributed by atoms with Gasteiger partial charge >= 0.3 is 0 Å². The molecule has 5 rings (SSSR count). The van der Waals surface area contributed by atoms with Crippen molar-refractivity contribution >= 4 is 0 Å². The summed E-state index contributed by atoms with van der Waals surface area (Å²) < 4.78 is 0. The number of hydrogen-bond donors (Lipinski definition) is 0. The van der Waals surface area contributed by atoms with Crippen LogP contribution in [0.5, 0.6) is 0 Å². The van der Waals surface area contributed by atoms with Gasteiger partial charge in [0, 0.05) is 0 Å². The van der Waals surface area contributed by atoms with Gasteiger partial charge in [0.1, 0.15) is 0 Å². The fourth-order valence-corrected chi connectivity index (χ4v) is 4.53. The Hall–Kier alpha value is -3.90. The summed E-state index contributed by atoms with van der Waals surface area (Å²) >= 11 is 0. The van der Waals surface area contributed by atoms with Gasteiger partial charge in [-0.25, -0.2) is 0 Å². The van der Waals surface area contributed by atoms with E-state index in [9.17, 15) is 0 Å². The monoisotopic (exact) mass is 438 g/mol. The van der Waals surface area contributed by atoms with E-state index in [-0.39, 0.29) is 0 Å². The molecule has 0 fully saturated rings. The van der Waals surface area contributed by atoms with Crippen LogP contribution in [0, 0.1) is 0 Å². The zero-order valence-electron chi connectivity index (χ0n) is 19.5. The second-order valence-electron chi connectivity index (χ2n) is 9.13. The van der Waals surface area contributed by atoms with E-state index in [1.807, 2.05) is 0 Å². The van der Waals surface area contributed by atoms with Gasteiger partial charge in [0.05, 0.1) is 0 Å². The van der Waals surface area contributed by atoms with Crippen molar-refractivity contribution in [2.75, 3.05) is 0 Å². The molecule has 0 aliphatic heterocycles. The fourth-order valence-electron chi connectivity index (χ4n) is 4.53. The molecule has 0 atom stereocenters. The van der Waals surface area contributed by atoms with Crippen LogP contribution in [0.2, 0.25) is 0 Å². The Kier molecular flexibility index (Phi) is 6.97. The van der Waals surface area contributed by atoms with E-state index >= 15 is 0 Å². The first-order chi connectivity index (χ1) is 16.8. The summed E-state index contributed by atoms with van der Waals surface area (Å²) in [6, 6.07) is 48.5. The van der Waals surface area contributed by atoms with Gasteiger partial charge < -0.3 is 0 Å². The van der Waals surface area contributed by atoms with Crippen molar-refractivity contribution in [2.24, 2.45) is 0 Å². The molecule has 34 heavy (non-hydrogen) atoms. The highest BCUT2D eigenvalue weighted by Gasteiger charge is 2.03.